The van der Waals surface area contributed by atoms with E-state index in [0.29, 0.717) is 6.42 Å². The molecule has 30 heavy (non-hydrogen) atoms. The van der Waals surface area contributed by atoms with Crippen molar-refractivity contribution in [2.45, 2.75) is 64.3 Å². The minimum absolute atomic E-state index is 0.0250. The Morgan fingerprint density at radius 3 is 2.33 bits per heavy atom. The highest BCUT2D eigenvalue weighted by molar-refractivity contribution is 5.93. The van der Waals surface area contributed by atoms with Crippen LogP contribution in [-0.4, -0.2) is 82.1 Å². The van der Waals surface area contributed by atoms with E-state index >= 15 is 0 Å². The normalized spacial score (nSPS) is 20.4. The fraction of sp³-hybridized carbons (Fsp3) is 0.722. The average molecular weight is 428 g/mol. The van der Waals surface area contributed by atoms with E-state index in [1.165, 1.54) is 11.8 Å². The second kappa shape index (κ2) is 11.3. The van der Waals surface area contributed by atoms with E-state index in [-0.39, 0.29) is 37.8 Å². The van der Waals surface area contributed by atoms with Crippen LogP contribution in [0, 0.1) is 5.92 Å². The molecule has 1 aliphatic rings. The summed E-state index contributed by atoms with van der Waals surface area (Å²) in [5.41, 5.74) is 10.4. The van der Waals surface area contributed by atoms with Gasteiger partial charge in [0.25, 0.3) is 0 Å². The van der Waals surface area contributed by atoms with E-state index in [4.69, 9.17) is 11.5 Å². The Hall–Kier alpha value is -2.89. The largest absolute Gasteiger partial charge is 0.480 e. The minimum atomic E-state index is -1.23. The summed E-state index contributed by atoms with van der Waals surface area (Å²) >= 11 is 0. The molecule has 0 radical (unpaired) electrons. The van der Waals surface area contributed by atoms with Crippen LogP contribution < -0.4 is 22.1 Å². The van der Waals surface area contributed by atoms with Crippen LogP contribution in [0.3, 0.4) is 0 Å². The number of guanidine groups is 1. The second-order valence-electron chi connectivity index (χ2n) is 7.67. The van der Waals surface area contributed by atoms with Gasteiger partial charge in [-0.1, -0.05) is 13.8 Å². The molecule has 0 aliphatic carbocycles. The van der Waals surface area contributed by atoms with Gasteiger partial charge in [-0.25, -0.2) is 4.79 Å². The summed E-state index contributed by atoms with van der Waals surface area (Å²) in [5.74, 6) is -3.17. The standard InChI is InChI=1S/C18H32N6O6/c1-9(2)14(22-10(3)25)16(28)24-8-11(26)7-13(24)15(27)23-12(17(29)30)5-4-6-21-18(19)20/h9,11-14,26H,4-8H2,1-3H3,(H,22,25)(H,23,27)(H,29,30)(H4,19,20,21)/t11-,12+,13+,14+/m1/s1. The van der Waals surface area contributed by atoms with Gasteiger partial charge in [0.1, 0.15) is 18.1 Å². The van der Waals surface area contributed by atoms with Gasteiger partial charge in [-0.05, 0) is 18.8 Å². The molecule has 8 N–H and O–H groups in total. The predicted molar refractivity (Wildman–Crippen MR) is 108 cm³/mol. The Bertz CT molecular complexity index is 678. The van der Waals surface area contributed by atoms with E-state index in [1.54, 1.807) is 13.8 Å². The number of hydrogen-bond donors (Lipinski definition) is 6. The summed E-state index contributed by atoms with van der Waals surface area (Å²) in [7, 11) is 0. The monoisotopic (exact) mass is 428 g/mol. The lowest BCUT2D eigenvalue weighted by Crippen LogP contribution is -2.56. The van der Waals surface area contributed by atoms with Gasteiger partial charge in [-0.2, -0.15) is 0 Å². The number of nitrogens with two attached hydrogens (primary N) is 2. The highest BCUT2D eigenvalue weighted by atomic mass is 16.4. The van der Waals surface area contributed by atoms with E-state index in [9.17, 15) is 29.4 Å². The van der Waals surface area contributed by atoms with Crippen molar-refractivity contribution in [2.24, 2.45) is 22.4 Å². The molecule has 0 unspecified atom stereocenters. The van der Waals surface area contributed by atoms with Gasteiger partial charge < -0.3 is 37.2 Å². The Kier molecular flexibility index (Phi) is 9.50. The third-order valence-corrected chi connectivity index (χ3v) is 4.72. The number of carbonyl (C=O) groups excluding carboxylic acids is 3. The number of aliphatic imine (C=N–C) groups is 1. The topological polar surface area (TPSA) is 200 Å². The van der Waals surface area contributed by atoms with Crippen molar-refractivity contribution < 1.29 is 29.4 Å². The van der Waals surface area contributed by atoms with Gasteiger partial charge >= 0.3 is 5.97 Å². The molecule has 0 spiro atoms. The quantitative estimate of drug-likeness (QED) is 0.127. The zero-order chi connectivity index (χ0) is 23.0. The number of likely N-dealkylation sites (tertiary alicyclic amines) is 1. The number of aliphatic hydroxyl groups excluding tert-OH is 1. The Morgan fingerprint density at radius 2 is 1.83 bits per heavy atom. The molecule has 0 aromatic heterocycles. The fourth-order valence-corrected chi connectivity index (χ4v) is 3.25. The van der Waals surface area contributed by atoms with Gasteiger partial charge in [0.05, 0.1) is 6.10 Å². The number of rotatable bonds is 10. The van der Waals surface area contributed by atoms with Crippen LogP contribution in [-0.2, 0) is 19.2 Å². The maximum Gasteiger partial charge on any atom is 0.326 e. The molecule has 12 heteroatoms. The number of carboxylic acid groups (broad SMARTS) is 1. The number of aliphatic carboxylic acids is 1. The summed E-state index contributed by atoms with van der Waals surface area (Å²) in [5, 5.41) is 24.4. The van der Waals surface area contributed by atoms with E-state index in [1.807, 2.05) is 0 Å². The van der Waals surface area contributed by atoms with Crippen molar-refractivity contribution in [3.8, 4) is 0 Å². The molecule has 1 aliphatic heterocycles. The lowest BCUT2D eigenvalue weighted by Gasteiger charge is -2.30. The molecule has 0 aromatic carbocycles. The first-order chi connectivity index (χ1) is 13.9. The Balaban J connectivity index is 2.88. The predicted octanol–water partition coefficient (Wildman–Crippen LogP) is -2.27. The van der Waals surface area contributed by atoms with Crippen molar-refractivity contribution in [1.29, 1.82) is 0 Å². The van der Waals surface area contributed by atoms with Gasteiger partial charge in [0, 0.05) is 26.4 Å². The summed E-state index contributed by atoms with van der Waals surface area (Å²) in [6.07, 6.45) is -0.548. The van der Waals surface area contributed by atoms with Crippen molar-refractivity contribution in [1.82, 2.24) is 15.5 Å². The van der Waals surface area contributed by atoms with E-state index in [2.05, 4.69) is 15.6 Å². The number of aliphatic hydroxyl groups is 1. The number of carboxylic acids is 1. The summed E-state index contributed by atoms with van der Waals surface area (Å²) < 4.78 is 0. The minimum Gasteiger partial charge on any atom is -0.480 e. The highest BCUT2D eigenvalue weighted by Crippen LogP contribution is 2.21. The van der Waals surface area contributed by atoms with E-state index < -0.39 is 47.9 Å². The smallest absolute Gasteiger partial charge is 0.326 e. The Morgan fingerprint density at radius 1 is 1.20 bits per heavy atom. The van der Waals surface area contributed by atoms with Crippen LogP contribution in [0.15, 0.2) is 4.99 Å². The Labute approximate surface area is 175 Å². The number of hydrogen-bond acceptors (Lipinski definition) is 6. The van der Waals surface area contributed by atoms with Gasteiger partial charge in [-0.3, -0.25) is 19.4 Å². The third-order valence-electron chi connectivity index (χ3n) is 4.72. The fourth-order valence-electron chi connectivity index (χ4n) is 3.25. The van der Waals surface area contributed by atoms with Crippen molar-refractivity contribution in [2.75, 3.05) is 13.1 Å². The van der Waals surface area contributed by atoms with Crippen LogP contribution in [0.4, 0.5) is 0 Å². The van der Waals surface area contributed by atoms with Gasteiger partial charge in [-0.15, -0.1) is 0 Å². The SMILES string of the molecule is CC(=O)N[C@H](C(=O)N1C[C@H](O)C[C@H]1C(=O)N[C@@H](CCCN=C(N)N)C(=O)O)C(C)C. The molecule has 1 heterocycles. The zero-order valence-electron chi connectivity index (χ0n) is 17.5. The van der Waals surface area contributed by atoms with Crippen LogP contribution in [0.2, 0.25) is 0 Å². The molecular weight excluding hydrogens is 396 g/mol. The molecule has 0 aromatic rings. The van der Waals surface area contributed by atoms with Crippen molar-refractivity contribution in [3.63, 3.8) is 0 Å². The van der Waals surface area contributed by atoms with Crippen LogP contribution >= 0.6 is 0 Å². The van der Waals surface area contributed by atoms with Crippen LogP contribution in [0.5, 0.6) is 0 Å². The maximum absolute atomic E-state index is 12.9. The second-order valence-corrected chi connectivity index (χ2v) is 7.67. The molecule has 0 bridgehead atoms. The molecule has 1 fully saturated rings. The lowest BCUT2D eigenvalue weighted by atomic mass is 10.0. The third kappa shape index (κ3) is 7.50. The first kappa shape index (κ1) is 25.1. The number of β-amino-alcohol motifs (C(OH)–C–C–N with tert-alkyl or cyclic N) is 1. The number of amides is 3. The molecule has 170 valence electrons. The first-order valence-corrected chi connectivity index (χ1v) is 9.78. The lowest BCUT2D eigenvalue weighted by molar-refractivity contribution is -0.145. The molecular formula is C18H32N6O6. The average Bonchev–Trinajstić information content (AvgIpc) is 3.02. The zero-order valence-corrected chi connectivity index (χ0v) is 17.5. The molecule has 1 saturated heterocycles. The maximum atomic E-state index is 12.9. The summed E-state index contributed by atoms with van der Waals surface area (Å²) in [4.78, 5) is 53.6. The number of carbonyl (C=O) groups is 4. The molecule has 1 rings (SSSR count). The molecule has 0 saturated carbocycles. The molecule has 3 amide bonds. The molecule has 12 nitrogen and oxygen atoms in total. The van der Waals surface area contributed by atoms with Crippen molar-refractivity contribution in [3.05, 3.63) is 0 Å². The number of nitrogens with zero attached hydrogens (tertiary/aromatic N) is 2. The summed E-state index contributed by atoms with van der Waals surface area (Å²) in [6, 6.07) is -3.10. The highest BCUT2D eigenvalue weighted by Gasteiger charge is 2.42. The van der Waals surface area contributed by atoms with Crippen molar-refractivity contribution >= 4 is 29.7 Å². The van der Waals surface area contributed by atoms with Crippen LogP contribution in [0.1, 0.15) is 40.0 Å². The number of nitrogens with one attached hydrogen (secondary N) is 2. The molecule has 4 atom stereocenters. The first-order valence-electron chi connectivity index (χ1n) is 9.78. The van der Waals surface area contributed by atoms with Gasteiger partial charge in [0.15, 0.2) is 5.96 Å². The van der Waals surface area contributed by atoms with E-state index in [0.717, 1.165) is 0 Å². The summed E-state index contributed by atoms with van der Waals surface area (Å²) in [6.45, 7) is 4.91. The van der Waals surface area contributed by atoms with Crippen LogP contribution in [0.25, 0.3) is 0 Å². The van der Waals surface area contributed by atoms with Gasteiger partial charge in [0.2, 0.25) is 17.7 Å².